The number of rotatable bonds is 9. The minimum atomic E-state index is -0.507. The lowest BCUT2D eigenvalue weighted by Gasteiger charge is -2.15. The monoisotopic (exact) mass is 564 g/mol. The van der Waals surface area contributed by atoms with E-state index in [4.69, 9.17) is 23.1 Å². The number of H-pyrrole nitrogens is 1. The van der Waals surface area contributed by atoms with Gasteiger partial charge in [-0.05, 0) is 81.1 Å². The van der Waals surface area contributed by atoms with E-state index in [1.807, 2.05) is 30.3 Å². The third-order valence-electron chi connectivity index (χ3n) is 7.38. The van der Waals surface area contributed by atoms with E-state index in [1.54, 1.807) is 18.3 Å². The first-order valence-corrected chi connectivity index (χ1v) is 13.8. The molecule has 0 unspecified atom stereocenters. The third-order valence-corrected chi connectivity index (χ3v) is 7.65. The van der Waals surface area contributed by atoms with Crippen molar-refractivity contribution in [2.24, 2.45) is 16.5 Å². The van der Waals surface area contributed by atoms with Gasteiger partial charge in [-0.25, -0.2) is 9.18 Å². The molecule has 210 valence electrons. The van der Waals surface area contributed by atoms with Gasteiger partial charge in [-0.15, -0.1) is 0 Å². The molecule has 11 heteroatoms. The molecule has 0 aliphatic carbocycles. The maximum absolute atomic E-state index is 15.2. The molecule has 3 heterocycles. The van der Waals surface area contributed by atoms with Crippen LogP contribution in [0, 0.1) is 5.82 Å². The van der Waals surface area contributed by atoms with Crippen molar-refractivity contribution in [3.63, 3.8) is 0 Å². The first-order valence-electron chi connectivity index (χ1n) is 13.5. The smallest absolute Gasteiger partial charge is 0.354 e. The van der Waals surface area contributed by atoms with Gasteiger partial charge in [0.1, 0.15) is 5.65 Å². The van der Waals surface area contributed by atoms with Gasteiger partial charge >= 0.3 is 5.69 Å². The fraction of sp³-hybridized carbons (Fsp3) is 0.345. The van der Waals surface area contributed by atoms with E-state index in [2.05, 4.69) is 39.4 Å². The Kier molecular flexibility index (Phi) is 8.20. The van der Waals surface area contributed by atoms with Crippen LogP contribution >= 0.6 is 11.6 Å². The second kappa shape index (κ2) is 11.8. The molecule has 4 aromatic rings. The number of nitrogens with zero attached hydrogens (tertiary/aromatic N) is 3. The van der Waals surface area contributed by atoms with Crippen molar-refractivity contribution in [2.75, 3.05) is 13.1 Å². The van der Waals surface area contributed by atoms with Gasteiger partial charge in [-0.3, -0.25) is 9.56 Å². The molecular formula is C29H34ClFN8O. The van der Waals surface area contributed by atoms with Crippen molar-refractivity contribution in [1.29, 1.82) is 0 Å². The van der Waals surface area contributed by atoms with Crippen molar-refractivity contribution in [3.8, 4) is 16.9 Å². The van der Waals surface area contributed by atoms with E-state index in [9.17, 15) is 4.79 Å². The van der Waals surface area contributed by atoms with Crippen LogP contribution in [0.4, 0.5) is 4.39 Å². The van der Waals surface area contributed by atoms with E-state index in [-0.39, 0.29) is 23.1 Å². The molecule has 2 aromatic heterocycles. The van der Waals surface area contributed by atoms with Gasteiger partial charge in [0.15, 0.2) is 11.8 Å². The van der Waals surface area contributed by atoms with E-state index in [0.29, 0.717) is 40.6 Å². The quantitative estimate of drug-likeness (QED) is 0.117. The predicted octanol–water partition coefficient (Wildman–Crippen LogP) is 4.30. The molecule has 0 radical (unpaired) electrons. The Labute approximate surface area is 236 Å². The van der Waals surface area contributed by atoms with Crippen LogP contribution in [0.25, 0.3) is 28.0 Å². The minimum Gasteiger partial charge on any atom is -0.370 e. The number of aliphatic imine (C=N–C) groups is 1. The van der Waals surface area contributed by atoms with Gasteiger partial charge in [0.2, 0.25) is 0 Å². The molecule has 9 nitrogen and oxygen atoms in total. The van der Waals surface area contributed by atoms with Gasteiger partial charge < -0.3 is 27.1 Å². The first kappa shape index (κ1) is 27.8. The molecule has 1 fully saturated rings. The topological polar surface area (TPSA) is 139 Å². The Balaban J connectivity index is 1.37. The molecule has 40 heavy (non-hydrogen) atoms. The number of aromatic amines is 1. The van der Waals surface area contributed by atoms with Gasteiger partial charge in [0.25, 0.3) is 0 Å². The van der Waals surface area contributed by atoms with E-state index < -0.39 is 11.5 Å². The molecule has 0 bridgehead atoms. The third kappa shape index (κ3) is 6.04. The number of hydrogen-bond acceptors (Lipinski definition) is 5. The zero-order valence-corrected chi connectivity index (χ0v) is 23.3. The number of nitrogens with one attached hydrogen (secondary N) is 3. The Morgan fingerprint density at radius 2 is 2.02 bits per heavy atom. The molecule has 0 spiro atoms. The van der Waals surface area contributed by atoms with E-state index in [0.717, 1.165) is 36.9 Å². The lowest BCUT2D eigenvalue weighted by atomic mass is 10.0. The second-order valence-corrected chi connectivity index (χ2v) is 10.8. The standard InChI is InChI=1S/C29H34ClFN8O/c1-16-4-9-24(36-16)19-12-22(26(31)23(30)13-19)25-14-20-15-39(29(40)38-27(20)37-25)21-7-5-18(6-8-21)17(2)34-10-3-11-35-28(32)33/h5-8,12-17,24,34,36H,3-4,9-11H2,1-2H3,(H4,32,33,35)(H,37,38,40)/t16-,17-,24-/m0/s1. The first-order chi connectivity index (χ1) is 19.2. The molecule has 0 amide bonds. The van der Waals surface area contributed by atoms with Gasteiger partial charge in [-0.1, -0.05) is 23.7 Å². The number of nitrogens with two attached hydrogens (primary N) is 2. The lowest BCUT2D eigenvalue weighted by Crippen LogP contribution is -2.24. The van der Waals surface area contributed by atoms with Crippen molar-refractivity contribution in [3.05, 3.63) is 81.1 Å². The summed E-state index contributed by atoms with van der Waals surface area (Å²) in [5.41, 5.74) is 14.2. The van der Waals surface area contributed by atoms with Gasteiger partial charge in [-0.2, -0.15) is 4.98 Å². The van der Waals surface area contributed by atoms with Crippen LogP contribution in [0.5, 0.6) is 0 Å². The Morgan fingerprint density at radius 1 is 1.25 bits per heavy atom. The summed E-state index contributed by atoms with van der Waals surface area (Å²) in [7, 11) is 0. The summed E-state index contributed by atoms with van der Waals surface area (Å²) in [6, 6.07) is 13.7. The SMILES string of the molecule is C[C@H](NCCCN=C(N)N)c1ccc(-n2cc3cc(-c4cc([C@@H]5CC[C@H](C)N5)cc(Cl)c4F)[nH]c3nc2=O)cc1. The minimum absolute atomic E-state index is 0.0672. The van der Waals surface area contributed by atoms with Crippen LogP contribution in [-0.4, -0.2) is 39.6 Å². The van der Waals surface area contributed by atoms with Crippen molar-refractivity contribution in [2.45, 2.75) is 51.2 Å². The number of fused-ring (bicyclic) bond motifs is 1. The highest BCUT2D eigenvalue weighted by molar-refractivity contribution is 6.31. The fourth-order valence-electron chi connectivity index (χ4n) is 5.17. The number of benzene rings is 2. The molecule has 0 saturated carbocycles. The summed E-state index contributed by atoms with van der Waals surface area (Å²) in [6.07, 6.45) is 4.55. The number of halogens is 2. The fourth-order valence-corrected chi connectivity index (χ4v) is 5.40. The molecule has 1 saturated heterocycles. The number of hydrogen-bond donors (Lipinski definition) is 5. The van der Waals surface area contributed by atoms with Crippen molar-refractivity contribution < 1.29 is 4.39 Å². The zero-order chi connectivity index (χ0) is 28.4. The maximum Gasteiger partial charge on any atom is 0.354 e. The second-order valence-electron chi connectivity index (χ2n) is 10.4. The maximum atomic E-state index is 15.2. The molecule has 5 rings (SSSR count). The summed E-state index contributed by atoms with van der Waals surface area (Å²) in [6.45, 7) is 5.54. The zero-order valence-electron chi connectivity index (χ0n) is 22.5. The molecule has 2 aromatic carbocycles. The molecule has 1 aliphatic rings. The molecule has 7 N–H and O–H groups in total. The Morgan fingerprint density at radius 3 is 2.73 bits per heavy atom. The van der Waals surface area contributed by atoms with Gasteiger partial charge in [0.05, 0.1) is 16.4 Å². The van der Waals surface area contributed by atoms with Crippen LogP contribution < -0.4 is 27.8 Å². The molecule has 3 atom stereocenters. The average molecular weight is 565 g/mol. The van der Waals surface area contributed by atoms with Crippen LogP contribution in [0.15, 0.2) is 58.4 Å². The van der Waals surface area contributed by atoms with Gasteiger partial charge in [0, 0.05) is 41.8 Å². The van der Waals surface area contributed by atoms with Crippen molar-refractivity contribution >= 4 is 28.6 Å². The average Bonchev–Trinajstić information content (AvgIpc) is 3.55. The predicted molar refractivity (Wildman–Crippen MR) is 158 cm³/mol. The summed E-state index contributed by atoms with van der Waals surface area (Å²) < 4.78 is 16.6. The highest BCUT2D eigenvalue weighted by atomic mass is 35.5. The number of aromatic nitrogens is 3. The Hall–Kier alpha value is -3.73. The molecule has 1 aliphatic heterocycles. The summed E-state index contributed by atoms with van der Waals surface area (Å²) >= 11 is 6.30. The Bertz CT molecular complexity index is 1590. The highest BCUT2D eigenvalue weighted by Gasteiger charge is 2.24. The van der Waals surface area contributed by atoms with Crippen LogP contribution in [0.1, 0.15) is 56.3 Å². The number of guanidine groups is 1. The van der Waals surface area contributed by atoms with Crippen LogP contribution in [0.2, 0.25) is 5.02 Å². The van der Waals surface area contributed by atoms with Crippen LogP contribution in [0.3, 0.4) is 0 Å². The summed E-state index contributed by atoms with van der Waals surface area (Å²) in [5, 5.41) is 7.71. The normalized spacial score (nSPS) is 17.8. The summed E-state index contributed by atoms with van der Waals surface area (Å²) in [4.78, 5) is 24.2. The van der Waals surface area contributed by atoms with E-state index in [1.165, 1.54) is 4.57 Å². The largest absolute Gasteiger partial charge is 0.370 e. The van der Waals surface area contributed by atoms with E-state index >= 15 is 4.39 Å². The lowest BCUT2D eigenvalue weighted by molar-refractivity contribution is 0.562. The summed E-state index contributed by atoms with van der Waals surface area (Å²) in [5.74, 6) is -0.410. The highest BCUT2D eigenvalue weighted by Crippen LogP contribution is 2.35. The molecular weight excluding hydrogens is 531 g/mol. The van der Waals surface area contributed by atoms with Crippen LogP contribution in [-0.2, 0) is 0 Å². The van der Waals surface area contributed by atoms with Crippen molar-refractivity contribution in [1.82, 2.24) is 25.2 Å².